The lowest BCUT2D eigenvalue weighted by Crippen LogP contribution is -2.03. The lowest BCUT2D eigenvalue weighted by atomic mass is 10.1. The molecule has 1 aliphatic rings. The fourth-order valence-electron chi connectivity index (χ4n) is 1.80. The highest BCUT2D eigenvalue weighted by Crippen LogP contribution is 2.33. The van der Waals surface area contributed by atoms with Gasteiger partial charge in [-0.1, -0.05) is 0 Å². The zero-order chi connectivity index (χ0) is 11.8. The van der Waals surface area contributed by atoms with Gasteiger partial charge in [0.25, 0.3) is 5.91 Å². The van der Waals surface area contributed by atoms with Crippen molar-refractivity contribution in [2.75, 3.05) is 5.32 Å². The molecule has 0 aliphatic carbocycles. The van der Waals surface area contributed by atoms with Gasteiger partial charge in [-0.2, -0.15) is 0 Å². The molecule has 0 bridgehead atoms. The van der Waals surface area contributed by atoms with Crippen LogP contribution >= 0.6 is 0 Å². The molecule has 0 atom stereocenters. The highest BCUT2D eigenvalue weighted by atomic mass is 19.1. The van der Waals surface area contributed by atoms with Gasteiger partial charge in [0.1, 0.15) is 5.82 Å². The van der Waals surface area contributed by atoms with Crippen LogP contribution in [0.5, 0.6) is 0 Å². The average molecular weight is 229 g/mol. The SMILES string of the molecule is O=C1Nc2ccc(F)cc2/C1=C\c1cnc[nH]1. The summed E-state index contributed by atoms with van der Waals surface area (Å²) in [6.45, 7) is 0. The van der Waals surface area contributed by atoms with Gasteiger partial charge in [-0.3, -0.25) is 4.79 Å². The van der Waals surface area contributed by atoms with Crippen molar-refractivity contribution < 1.29 is 9.18 Å². The minimum Gasteiger partial charge on any atom is -0.345 e. The summed E-state index contributed by atoms with van der Waals surface area (Å²) in [4.78, 5) is 18.5. The number of amides is 1. The van der Waals surface area contributed by atoms with E-state index in [1.54, 1.807) is 18.3 Å². The molecule has 1 aliphatic heterocycles. The molecule has 2 heterocycles. The molecule has 0 fully saturated rings. The van der Waals surface area contributed by atoms with E-state index in [1.807, 2.05) is 0 Å². The van der Waals surface area contributed by atoms with E-state index in [0.29, 0.717) is 22.5 Å². The van der Waals surface area contributed by atoms with Crippen molar-refractivity contribution in [1.82, 2.24) is 9.97 Å². The average Bonchev–Trinajstić information content (AvgIpc) is 2.90. The van der Waals surface area contributed by atoms with Crippen molar-refractivity contribution in [3.05, 3.63) is 47.8 Å². The van der Waals surface area contributed by atoms with Crippen LogP contribution in [0.1, 0.15) is 11.3 Å². The number of rotatable bonds is 1. The van der Waals surface area contributed by atoms with Crippen molar-refractivity contribution in [2.45, 2.75) is 0 Å². The third-order valence-electron chi connectivity index (χ3n) is 2.58. The Morgan fingerprint density at radius 2 is 2.24 bits per heavy atom. The number of carbonyl (C=O) groups is 1. The van der Waals surface area contributed by atoms with E-state index in [2.05, 4.69) is 15.3 Å². The molecule has 0 saturated heterocycles. The van der Waals surface area contributed by atoms with E-state index in [1.165, 1.54) is 18.5 Å². The molecule has 0 unspecified atom stereocenters. The molecule has 0 saturated carbocycles. The predicted octanol–water partition coefficient (Wildman–Crippen LogP) is 2.04. The number of H-pyrrole nitrogens is 1. The number of halogens is 1. The number of nitrogens with one attached hydrogen (secondary N) is 2. The fraction of sp³-hybridized carbons (Fsp3) is 0. The van der Waals surface area contributed by atoms with Gasteiger partial charge in [0, 0.05) is 11.3 Å². The Hall–Kier alpha value is -2.43. The number of anilines is 1. The summed E-state index contributed by atoms with van der Waals surface area (Å²) in [5.41, 5.74) is 2.34. The number of aromatic amines is 1. The van der Waals surface area contributed by atoms with Gasteiger partial charge >= 0.3 is 0 Å². The second-order valence-corrected chi connectivity index (χ2v) is 3.71. The number of aromatic nitrogens is 2. The molecule has 84 valence electrons. The molecular formula is C12H8FN3O. The van der Waals surface area contributed by atoms with Crippen LogP contribution in [0.3, 0.4) is 0 Å². The predicted molar refractivity (Wildman–Crippen MR) is 61.5 cm³/mol. The van der Waals surface area contributed by atoms with Crippen molar-refractivity contribution in [3.8, 4) is 0 Å². The molecule has 0 radical (unpaired) electrons. The van der Waals surface area contributed by atoms with E-state index >= 15 is 0 Å². The van der Waals surface area contributed by atoms with Crippen LogP contribution in [0.2, 0.25) is 0 Å². The van der Waals surface area contributed by atoms with Crippen molar-refractivity contribution >= 4 is 23.2 Å². The molecule has 17 heavy (non-hydrogen) atoms. The van der Waals surface area contributed by atoms with Crippen LogP contribution in [-0.2, 0) is 4.79 Å². The summed E-state index contributed by atoms with van der Waals surface area (Å²) in [6, 6.07) is 4.21. The topological polar surface area (TPSA) is 57.8 Å². The van der Waals surface area contributed by atoms with Crippen LogP contribution in [0.15, 0.2) is 30.7 Å². The number of hydrogen-bond acceptors (Lipinski definition) is 2. The van der Waals surface area contributed by atoms with Gasteiger partial charge in [0.15, 0.2) is 0 Å². The van der Waals surface area contributed by atoms with Gasteiger partial charge in [0.05, 0.1) is 23.8 Å². The van der Waals surface area contributed by atoms with Gasteiger partial charge in [-0.25, -0.2) is 9.37 Å². The molecular weight excluding hydrogens is 221 g/mol. The van der Waals surface area contributed by atoms with Crippen molar-refractivity contribution in [3.63, 3.8) is 0 Å². The number of fused-ring (bicyclic) bond motifs is 1. The first-order valence-electron chi connectivity index (χ1n) is 5.05. The summed E-state index contributed by atoms with van der Waals surface area (Å²) in [7, 11) is 0. The van der Waals surface area contributed by atoms with E-state index in [0.717, 1.165) is 0 Å². The van der Waals surface area contributed by atoms with Gasteiger partial charge in [-0.05, 0) is 24.3 Å². The first-order chi connectivity index (χ1) is 8.24. The van der Waals surface area contributed by atoms with Crippen LogP contribution in [-0.4, -0.2) is 15.9 Å². The third kappa shape index (κ3) is 1.61. The molecule has 1 aromatic carbocycles. The van der Waals surface area contributed by atoms with Gasteiger partial charge in [-0.15, -0.1) is 0 Å². The third-order valence-corrected chi connectivity index (χ3v) is 2.58. The first-order valence-corrected chi connectivity index (χ1v) is 5.05. The second kappa shape index (κ2) is 3.55. The fourth-order valence-corrected chi connectivity index (χ4v) is 1.80. The number of hydrogen-bond donors (Lipinski definition) is 2. The van der Waals surface area contributed by atoms with E-state index in [4.69, 9.17) is 0 Å². The summed E-state index contributed by atoms with van der Waals surface area (Å²) in [6.07, 6.45) is 4.76. The summed E-state index contributed by atoms with van der Waals surface area (Å²) in [5.74, 6) is -0.601. The second-order valence-electron chi connectivity index (χ2n) is 3.71. The van der Waals surface area contributed by atoms with Crippen molar-refractivity contribution in [2.24, 2.45) is 0 Å². The maximum absolute atomic E-state index is 13.2. The lowest BCUT2D eigenvalue weighted by molar-refractivity contribution is -0.110. The highest BCUT2D eigenvalue weighted by molar-refractivity contribution is 6.34. The van der Waals surface area contributed by atoms with Crippen LogP contribution in [0.25, 0.3) is 11.6 Å². The number of benzene rings is 1. The van der Waals surface area contributed by atoms with Crippen LogP contribution in [0.4, 0.5) is 10.1 Å². The standard InChI is InChI=1S/C12H8FN3O/c13-7-1-2-11-9(3-7)10(12(17)16-11)4-8-5-14-6-15-8/h1-6H,(H,14,15)(H,16,17)/b10-4+. The minimum absolute atomic E-state index is 0.236. The number of imidazole rings is 1. The Balaban J connectivity index is 2.13. The Morgan fingerprint density at radius 1 is 1.35 bits per heavy atom. The Morgan fingerprint density at radius 3 is 3.00 bits per heavy atom. The first kappa shape index (κ1) is 9.77. The molecule has 1 amide bonds. The Kier molecular flexibility index (Phi) is 2.04. The smallest absolute Gasteiger partial charge is 0.256 e. The molecule has 4 nitrogen and oxygen atoms in total. The minimum atomic E-state index is -0.365. The van der Waals surface area contributed by atoms with Crippen LogP contribution in [0, 0.1) is 5.82 Å². The summed E-state index contributed by atoms with van der Waals surface area (Å²) >= 11 is 0. The summed E-state index contributed by atoms with van der Waals surface area (Å²) < 4.78 is 13.2. The van der Waals surface area contributed by atoms with Gasteiger partial charge < -0.3 is 10.3 Å². The van der Waals surface area contributed by atoms with E-state index in [-0.39, 0.29) is 11.7 Å². The van der Waals surface area contributed by atoms with Crippen molar-refractivity contribution in [1.29, 1.82) is 0 Å². The summed E-state index contributed by atoms with van der Waals surface area (Å²) in [5, 5.41) is 2.68. The number of nitrogens with zero attached hydrogens (tertiary/aromatic N) is 1. The Labute approximate surface area is 96.2 Å². The molecule has 1 aromatic heterocycles. The maximum atomic E-state index is 13.2. The zero-order valence-electron chi connectivity index (χ0n) is 8.70. The Bertz CT molecular complexity index is 617. The van der Waals surface area contributed by atoms with E-state index < -0.39 is 0 Å². The molecule has 5 heteroatoms. The highest BCUT2D eigenvalue weighted by Gasteiger charge is 2.24. The number of carbonyl (C=O) groups excluding carboxylic acids is 1. The normalized spacial score (nSPS) is 16.1. The molecule has 2 aromatic rings. The quantitative estimate of drug-likeness (QED) is 0.735. The molecule has 2 N–H and O–H groups in total. The van der Waals surface area contributed by atoms with E-state index in [9.17, 15) is 9.18 Å². The van der Waals surface area contributed by atoms with Gasteiger partial charge in [0.2, 0.25) is 0 Å². The molecule has 0 spiro atoms. The van der Waals surface area contributed by atoms with Crippen LogP contribution < -0.4 is 5.32 Å². The lowest BCUT2D eigenvalue weighted by Gasteiger charge is -1.97. The largest absolute Gasteiger partial charge is 0.345 e. The monoisotopic (exact) mass is 229 g/mol. The zero-order valence-corrected chi connectivity index (χ0v) is 8.70. The molecule has 3 rings (SSSR count). The maximum Gasteiger partial charge on any atom is 0.256 e.